The van der Waals surface area contributed by atoms with Crippen molar-refractivity contribution >= 4 is 40.3 Å². The van der Waals surface area contributed by atoms with Gasteiger partial charge in [-0.3, -0.25) is 0 Å². The molecular formula is C24H31ClN8O. The molecule has 1 aromatic carbocycles. The number of nitrogens with zero attached hydrogens (tertiary/aromatic N) is 6. The van der Waals surface area contributed by atoms with Crippen LogP contribution in [0.3, 0.4) is 0 Å². The maximum absolute atomic E-state index is 10.9. The molecule has 5 rings (SSSR count). The second-order valence-corrected chi connectivity index (χ2v) is 9.81. The van der Waals surface area contributed by atoms with Gasteiger partial charge in [0.15, 0.2) is 28.0 Å². The van der Waals surface area contributed by atoms with E-state index in [1.165, 1.54) is 0 Å². The lowest BCUT2D eigenvalue weighted by atomic mass is 9.92. The number of halogens is 1. The number of hydrogen-bond donors (Lipinski definition) is 3. The standard InChI is InChI=1S/C24H31ClN8O/c1-24(2,34)18(16-8-4-3-5-9-16)28-21-19(25)27-17-20(29-21)30-23(33-14-10-26-11-15-33)31-22(17)32-12-6-7-13-32/h3-5,8-9,18,26,34H,6-7,10-15H2,1-2H3,(H,28,29,30,31)/t18-/m1/s1. The van der Waals surface area contributed by atoms with Gasteiger partial charge in [0.25, 0.3) is 0 Å². The summed E-state index contributed by atoms with van der Waals surface area (Å²) in [5, 5.41) is 17.8. The van der Waals surface area contributed by atoms with Crippen LogP contribution in [0.25, 0.3) is 11.2 Å². The van der Waals surface area contributed by atoms with Crippen molar-refractivity contribution in [3.63, 3.8) is 0 Å². The van der Waals surface area contributed by atoms with Crippen LogP contribution in [0.15, 0.2) is 30.3 Å². The van der Waals surface area contributed by atoms with Gasteiger partial charge in [-0.1, -0.05) is 41.9 Å². The van der Waals surface area contributed by atoms with Gasteiger partial charge in [-0.2, -0.15) is 9.97 Å². The molecule has 10 heteroatoms. The monoisotopic (exact) mass is 482 g/mol. The first-order valence-corrected chi connectivity index (χ1v) is 12.3. The van der Waals surface area contributed by atoms with Crippen molar-refractivity contribution in [3.8, 4) is 0 Å². The zero-order valence-corrected chi connectivity index (χ0v) is 20.4. The normalized spacial score (nSPS) is 17.9. The van der Waals surface area contributed by atoms with Gasteiger partial charge < -0.3 is 25.5 Å². The Morgan fingerprint density at radius 1 is 0.971 bits per heavy atom. The van der Waals surface area contributed by atoms with E-state index in [0.717, 1.165) is 63.5 Å². The lowest BCUT2D eigenvalue weighted by molar-refractivity contribution is 0.0588. The fourth-order valence-electron chi connectivity index (χ4n) is 4.60. The Labute approximate surface area is 204 Å². The fraction of sp³-hybridized carbons (Fsp3) is 0.500. The van der Waals surface area contributed by atoms with Crippen LogP contribution >= 0.6 is 11.6 Å². The number of aromatic nitrogens is 4. The molecule has 9 nitrogen and oxygen atoms in total. The molecule has 0 radical (unpaired) electrons. The van der Waals surface area contributed by atoms with Crippen LogP contribution in [0, 0.1) is 0 Å². The molecule has 0 unspecified atom stereocenters. The van der Waals surface area contributed by atoms with Crippen molar-refractivity contribution in [1.82, 2.24) is 25.3 Å². The summed E-state index contributed by atoms with van der Waals surface area (Å²) >= 11 is 6.64. The number of rotatable bonds is 6. The minimum absolute atomic E-state index is 0.233. The van der Waals surface area contributed by atoms with Gasteiger partial charge in [0.05, 0.1) is 11.6 Å². The molecule has 0 saturated carbocycles. The third kappa shape index (κ3) is 4.73. The summed E-state index contributed by atoms with van der Waals surface area (Å²) < 4.78 is 0. The average Bonchev–Trinajstić information content (AvgIpc) is 3.37. The van der Waals surface area contributed by atoms with Crippen LogP contribution in [-0.4, -0.2) is 69.9 Å². The number of nitrogens with one attached hydrogen (secondary N) is 2. The van der Waals surface area contributed by atoms with Gasteiger partial charge in [0.1, 0.15) is 0 Å². The molecule has 3 aromatic rings. The molecule has 0 bridgehead atoms. The van der Waals surface area contributed by atoms with Gasteiger partial charge in [-0.15, -0.1) is 0 Å². The molecule has 3 N–H and O–H groups in total. The van der Waals surface area contributed by atoms with Crippen molar-refractivity contribution in [2.24, 2.45) is 0 Å². The van der Waals surface area contributed by atoms with E-state index in [4.69, 9.17) is 31.5 Å². The van der Waals surface area contributed by atoms with Crippen LogP contribution in [0.2, 0.25) is 5.15 Å². The number of benzene rings is 1. The topological polar surface area (TPSA) is 102 Å². The number of hydrogen-bond acceptors (Lipinski definition) is 9. The summed E-state index contributed by atoms with van der Waals surface area (Å²) in [5.74, 6) is 1.85. The number of anilines is 3. The first-order valence-electron chi connectivity index (χ1n) is 11.9. The predicted octanol–water partition coefficient (Wildman–Crippen LogP) is 3.01. The van der Waals surface area contributed by atoms with E-state index in [-0.39, 0.29) is 5.15 Å². The van der Waals surface area contributed by atoms with E-state index >= 15 is 0 Å². The smallest absolute Gasteiger partial charge is 0.229 e. The Morgan fingerprint density at radius 2 is 1.68 bits per heavy atom. The van der Waals surface area contributed by atoms with Crippen LogP contribution in [-0.2, 0) is 0 Å². The predicted molar refractivity (Wildman–Crippen MR) is 136 cm³/mol. The summed E-state index contributed by atoms with van der Waals surface area (Å²) in [6.07, 6.45) is 2.25. The highest BCUT2D eigenvalue weighted by molar-refractivity contribution is 6.32. The fourth-order valence-corrected chi connectivity index (χ4v) is 4.78. The number of aliphatic hydroxyl groups is 1. The van der Waals surface area contributed by atoms with Crippen molar-refractivity contribution in [3.05, 3.63) is 41.0 Å². The first-order chi connectivity index (χ1) is 16.4. The zero-order valence-electron chi connectivity index (χ0n) is 19.6. The Morgan fingerprint density at radius 3 is 2.35 bits per heavy atom. The first kappa shape index (κ1) is 23.0. The maximum Gasteiger partial charge on any atom is 0.229 e. The second kappa shape index (κ2) is 9.48. The van der Waals surface area contributed by atoms with Gasteiger partial charge in [0.2, 0.25) is 5.95 Å². The number of fused-ring (bicyclic) bond motifs is 1. The lowest BCUT2D eigenvalue weighted by Gasteiger charge is -2.31. The molecule has 34 heavy (non-hydrogen) atoms. The highest BCUT2D eigenvalue weighted by atomic mass is 35.5. The summed E-state index contributed by atoms with van der Waals surface area (Å²) in [6, 6.07) is 9.33. The largest absolute Gasteiger partial charge is 0.388 e. The quantitative estimate of drug-likeness (QED) is 0.489. The molecule has 180 valence electrons. The molecule has 1 atom stereocenters. The summed E-state index contributed by atoms with van der Waals surface area (Å²) in [6.45, 7) is 8.85. The Hall–Kier alpha value is -2.75. The molecule has 0 amide bonds. The molecule has 0 spiro atoms. The Kier molecular flexibility index (Phi) is 6.42. The lowest BCUT2D eigenvalue weighted by Crippen LogP contribution is -2.44. The maximum atomic E-state index is 10.9. The molecule has 2 aliphatic heterocycles. The highest BCUT2D eigenvalue weighted by Gasteiger charge is 2.30. The van der Waals surface area contributed by atoms with Crippen molar-refractivity contribution in [2.75, 3.05) is 54.4 Å². The minimum atomic E-state index is -1.07. The van der Waals surface area contributed by atoms with E-state index in [9.17, 15) is 5.11 Å². The van der Waals surface area contributed by atoms with Gasteiger partial charge in [-0.05, 0) is 32.3 Å². The summed E-state index contributed by atoms with van der Waals surface area (Å²) in [5.41, 5.74) is 0.963. The van der Waals surface area contributed by atoms with Crippen LogP contribution in [0.1, 0.15) is 38.3 Å². The van der Waals surface area contributed by atoms with Crippen LogP contribution in [0.5, 0.6) is 0 Å². The van der Waals surface area contributed by atoms with Crippen LogP contribution in [0.4, 0.5) is 17.6 Å². The Balaban J connectivity index is 1.58. The van der Waals surface area contributed by atoms with E-state index in [2.05, 4.69) is 20.4 Å². The van der Waals surface area contributed by atoms with Gasteiger partial charge in [-0.25, -0.2) is 9.97 Å². The SMILES string of the molecule is CC(C)(O)[C@H](Nc1nc2nc(N3CCNCC3)nc(N3CCCC3)c2nc1Cl)c1ccccc1. The van der Waals surface area contributed by atoms with E-state index in [1.54, 1.807) is 13.8 Å². The third-order valence-corrected chi connectivity index (χ3v) is 6.65. The molecule has 2 aliphatic rings. The third-order valence-electron chi connectivity index (χ3n) is 6.38. The molecule has 2 aromatic heterocycles. The second-order valence-electron chi connectivity index (χ2n) is 9.46. The van der Waals surface area contributed by atoms with Gasteiger partial charge >= 0.3 is 0 Å². The molecular weight excluding hydrogens is 452 g/mol. The van der Waals surface area contributed by atoms with E-state index in [1.807, 2.05) is 30.3 Å². The highest BCUT2D eigenvalue weighted by Crippen LogP contribution is 2.34. The minimum Gasteiger partial charge on any atom is -0.388 e. The molecule has 0 aliphatic carbocycles. The van der Waals surface area contributed by atoms with E-state index < -0.39 is 11.6 Å². The van der Waals surface area contributed by atoms with E-state index in [0.29, 0.717) is 22.9 Å². The Bertz CT molecular complexity index is 1140. The van der Waals surface area contributed by atoms with Crippen molar-refractivity contribution in [2.45, 2.75) is 38.3 Å². The van der Waals surface area contributed by atoms with Crippen molar-refractivity contribution in [1.29, 1.82) is 0 Å². The zero-order chi connectivity index (χ0) is 23.7. The summed E-state index contributed by atoms with van der Waals surface area (Å²) in [4.78, 5) is 23.6. The van der Waals surface area contributed by atoms with Gasteiger partial charge in [0, 0.05) is 39.3 Å². The van der Waals surface area contributed by atoms with Crippen molar-refractivity contribution < 1.29 is 5.11 Å². The molecule has 2 fully saturated rings. The molecule has 2 saturated heterocycles. The number of piperazine rings is 1. The average molecular weight is 483 g/mol. The van der Waals surface area contributed by atoms with Crippen LogP contribution < -0.4 is 20.4 Å². The summed E-state index contributed by atoms with van der Waals surface area (Å²) in [7, 11) is 0. The molecule has 4 heterocycles.